The summed E-state index contributed by atoms with van der Waals surface area (Å²) in [4.78, 5) is 2.31. The fourth-order valence-corrected chi connectivity index (χ4v) is 3.93. The Bertz CT molecular complexity index is 715. The van der Waals surface area contributed by atoms with Gasteiger partial charge in [0.05, 0.1) is 6.07 Å². The quantitative estimate of drug-likeness (QED) is 0.875. The van der Waals surface area contributed by atoms with E-state index in [1.165, 1.54) is 6.42 Å². The van der Waals surface area contributed by atoms with Gasteiger partial charge >= 0.3 is 0 Å². The van der Waals surface area contributed by atoms with Gasteiger partial charge in [-0.1, -0.05) is 30.3 Å². The van der Waals surface area contributed by atoms with Crippen LogP contribution < -0.4 is 0 Å². The lowest BCUT2D eigenvalue weighted by molar-refractivity contribution is 0.173. The Morgan fingerprint density at radius 3 is 2.83 bits per heavy atom. The zero-order valence-electron chi connectivity index (χ0n) is 13.2. The molecule has 1 saturated heterocycles. The van der Waals surface area contributed by atoms with Crippen LogP contribution in [0.4, 0.5) is 0 Å². The number of hydrogen-bond donors (Lipinski definition) is 0. The largest absolute Gasteiger partial charge is 0.315 e. The summed E-state index contributed by atoms with van der Waals surface area (Å²) in [5, 5.41) is 18.5. The second kappa shape index (κ2) is 6.13. The van der Waals surface area contributed by atoms with Crippen molar-refractivity contribution >= 4 is 0 Å². The summed E-state index contributed by atoms with van der Waals surface area (Å²) >= 11 is 0. The molecule has 0 radical (unpaired) electrons. The Morgan fingerprint density at radius 2 is 2.00 bits per heavy atom. The SMILES string of the molecule is N#CC(c1ccccc1)N1CCCC(c2nnc3n2CCC3)C1. The number of fused-ring (bicyclic) bond motifs is 1. The molecule has 5 nitrogen and oxygen atoms in total. The van der Waals surface area contributed by atoms with E-state index in [0.29, 0.717) is 5.92 Å². The van der Waals surface area contributed by atoms with Crippen molar-refractivity contribution < 1.29 is 0 Å². The van der Waals surface area contributed by atoms with Crippen molar-refractivity contribution in [1.82, 2.24) is 19.7 Å². The Morgan fingerprint density at radius 1 is 1.13 bits per heavy atom. The van der Waals surface area contributed by atoms with Gasteiger partial charge in [-0.25, -0.2) is 0 Å². The first-order valence-corrected chi connectivity index (χ1v) is 8.47. The Kier molecular flexibility index (Phi) is 3.84. The molecule has 5 heteroatoms. The number of likely N-dealkylation sites (tertiary alicyclic amines) is 1. The van der Waals surface area contributed by atoms with Crippen LogP contribution in [-0.2, 0) is 13.0 Å². The maximum Gasteiger partial charge on any atom is 0.137 e. The third kappa shape index (κ3) is 2.64. The highest BCUT2D eigenvalue weighted by Crippen LogP contribution is 2.32. The van der Waals surface area contributed by atoms with E-state index in [0.717, 1.165) is 56.1 Å². The Hall–Kier alpha value is -2.19. The van der Waals surface area contributed by atoms with Gasteiger partial charge in [0.1, 0.15) is 17.7 Å². The van der Waals surface area contributed by atoms with Crippen LogP contribution in [0.3, 0.4) is 0 Å². The number of benzene rings is 1. The first-order valence-electron chi connectivity index (χ1n) is 8.47. The first kappa shape index (κ1) is 14.4. The number of hydrogen-bond acceptors (Lipinski definition) is 4. The van der Waals surface area contributed by atoms with Crippen LogP contribution in [0.2, 0.25) is 0 Å². The lowest BCUT2D eigenvalue weighted by atomic mass is 9.94. The summed E-state index contributed by atoms with van der Waals surface area (Å²) < 4.78 is 2.30. The summed E-state index contributed by atoms with van der Waals surface area (Å²) in [7, 11) is 0. The molecule has 2 atom stereocenters. The number of aromatic nitrogens is 3. The third-order valence-electron chi connectivity index (χ3n) is 5.06. The molecule has 0 amide bonds. The van der Waals surface area contributed by atoms with Crippen molar-refractivity contribution in [3.05, 3.63) is 47.5 Å². The number of rotatable bonds is 3. The van der Waals surface area contributed by atoms with Gasteiger partial charge in [0.25, 0.3) is 0 Å². The molecule has 2 aliphatic rings. The van der Waals surface area contributed by atoms with Gasteiger partial charge in [-0.15, -0.1) is 10.2 Å². The van der Waals surface area contributed by atoms with Gasteiger partial charge in [-0.3, -0.25) is 4.90 Å². The van der Waals surface area contributed by atoms with Crippen molar-refractivity contribution in [1.29, 1.82) is 5.26 Å². The van der Waals surface area contributed by atoms with Gasteiger partial charge in [0.15, 0.2) is 0 Å². The molecule has 0 saturated carbocycles. The number of piperidine rings is 1. The second-order valence-electron chi connectivity index (χ2n) is 6.51. The van der Waals surface area contributed by atoms with E-state index < -0.39 is 0 Å². The molecule has 2 aliphatic heterocycles. The molecule has 1 aromatic carbocycles. The number of aryl methyl sites for hydroxylation is 1. The Balaban J connectivity index is 1.56. The van der Waals surface area contributed by atoms with E-state index in [1.54, 1.807) is 0 Å². The molecule has 0 N–H and O–H groups in total. The summed E-state index contributed by atoms with van der Waals surface area (Å²) in [6, 6.07) is 12.4. The molecular weight excluding hydrogens is 286 g/mol. The molecule has 23 heavy (non-hydrogen) atoms. The van der Waals surface area contributed by atoms with E-state index in [2.05, 4.69) is 25.7 Å². The van der Waals surface area contributed by atoms with Crippen LogP contribution in [-0.4, -0.2) is 32.8 Å². The minimum atomic E-state index is -0.167. The first-order chi connectivity index (χ1) is 11.4. The van der Waals surface area contributed by atoms with E-state index in [4.69, 9.17) is 0 Å². The lowest BCUT2D eigenvalue weighted by Gasteiger charge is -2.35. The highest BCUT2D eigenvalue weighted by molar-refractivity contribution is 5.24. The molecule has 0 bridgehead atoms. The van der Waals surface area contributed by atoms with Crippen molar-refractivity contribution in [3.8, 4) is 6.07 Å². The summed E-state index contributed by atoms with van der Waals surface area (Å²) in [5.41, 5.74) is 1.09. The smallest absolute Gasteiger partial charge is 0.137 e. The fraction of sp³-hybridized carbons (Fsp3) is 0.500. The highest BCUT2D eigenvalue weighted by atomic mass is 15.3. The zero-order valence-corrected chi connectivity index (χ0v) is 13.2. The fourth-order valence-electron chi connectivity index (χ4n) is 3.93. The monoisotopic (exact) mass is 307 g/mol. The van der Waals surface area contributed by atoms with Crippen molar-refractivity contribution in [2.24, 2.45) is 0 Å². The minimum absolute atomic E-state index is 0.167. The lowest BCUT2D eigenvalue weighted by Crippen LogP contribution is -2.37. The zero-order chi connectivity index (χ0) is 15.6. The molecule has 118 valence electrons. The van der Waals surface area contributed by atoms with Crippen molar-refractivity contribution in [2.45, 2.75) is 44.2 Å². The molecule has 1 fully saturated rings. The van der Waals surface area contributed by atoms with Crippen LogP contribution in [0.5, 0.6) is 0 Å². The molecule has 0 aliphatic carbocycles. The number of nitriles is 1. The van der Waals surface area contributed by atoms with E-state index in [1.807, 2.05) is 30.3 Å². The summed E-state index contributed by atoms with van der Waals surface area (Å²) in [6.45, 7) is 2.92. The predicted molar refractivity (Wildman–Crippen MR) is 86.7 cm³/mol. The molecule has 0 spiro atoms. The maximum absolute atomic E-state index is 9.68. The van der Waals surface area contributed by atoms with Gasteiger partial charge in [-0.2, -0.15) is 5.26 Å². The third-order valence-corrected chi connectivity index (χ3v) is 5.06. The van der Waals surface area contributed by atoms with Crippen molar-refractivity contribution in [2.75, 3.05) is 13.1 Å². The van der Waals surface area contributed by atoms with Crippen LogP contribution in [0.15, 0.2) is 30.3 Å². The Labute approximate surface area is 136 Å². The van der Waals surface area contributed by atoms with Crippen LogP contribution in [0, 0.1) is 11.3 Å². The average Bonchev–Trinajstić information content (AvgIpc) is 3.20. The van der Waals surface area contributed by atoms with Gasteiger partial charge in [-0.05, 0) is 31.4 Å². The van der Waals surface area contributed by atoms with Crippen molar-refractivity contribution in [3.63, 3.8) is 0 Å². The van der Waals surface area contributed by atoms with Crippen LogP contribution in [0.1, 0.15) is 48.4 Å². The van der Waals surface area contributed by atoms with Gasteiger partial charge < -0.3 is 4.57 Å². The molecule has 4 rings (SSSR count). The highest BCUT2D eigenvalue weighted by Gasteiger charge is 2.31. The molecule has 1 aromatic heterocycles. The van der Waals surface area contributed by atoms with E-state index in [9.17, 15) is 5.26 Å². The molecule has 2 aromatic rings. The molecular formula is C18H21N5. The molecule has 3 heterocycles. The topological polar surface area (TPSA) is 57.7 Å². The average molecular weight is 307 g/mol. The standard InChI is InChI=1S/C18H21N5/c19-12-16(14-6-2-1-3-7-14)22-10-4-8-15(13-22)18-21-20-17-9-5-11-23(17)18/h1-3,6-7,15-16H,4-5,8-11,13H2. The van der Waals surface area contributed by atoms with Gasteiger partial charge in [0, 0.05) is 25.4 Å². The predicted octanol–water partition coefficient (Wildman–Crippen LogP) is 2.67. The second-order valence-corrected chi connectivity index (χ2v) is 6.51. The number of nitrogens with zero attached hydrogens (tertiary/aromatic N) is 5. The normalized spacial score (nSPS) is 22.5. The van der Waals surface area contributed by atoms with Crippen LogP contribution in [0.25, 0.3) is 0 Å². The van der Waals surface area contributed by atoms with Crippen LogP contribution >= 0.6 is 0 Å². The summed E-state index contributed by atoms with van der Waals surface area (Å²) in [5.74, 6) is 2.66. The minimum Gasteiger partial charge on any atom is -0.315 e. The summed E-state index contributed by atoms with van der Waals surface area (Å²) in [6.07, 6.45) is 4.48. The van der Waals surface area contributed by atoms with E-state index >= 15 is 0 Å². The van der Waals surface area contributed by atoms with Gasteiger partial charge in [0.2, 0.25) is 0 Å². The maximum atomic E-state index is 9.68. The molecule has 2 unspecified atom stereocenters. The van der Waals surface area contributed by atoms with E-state index in [-0.39, 0.29) is 6.04 Å².